The second kappa shape index (κ2) is 8.94. The van der Waals surface area contributed by atoms with Gasteiger partial charge in [-0.2, -0.15) is 0 Å². The Morgan fingerprint density at radius 3 is 1.50 bits per heavy atom. The average molecular weight is 378 g/mol. The van der Waals surface area contributed by atoms with Gasteiger partial charge >= 0.3 is 7.25 Å². The van der Waals surface area contributed by atoms with Gasteiger partial charge in [0.25, 0.3) is 0 Å². The first-order valence-electron chi connectivity index (χ1n) is 8.04. The van der Waals surface area contributed by atoms with Gasteiger partial charge in [-0.25, -0.2) is 0 Å². The van der Waals surface area contributed by atoms with E-state index in [0.29, 0.717) is 0 Å². The number of benzene rings is 3. The molecule has 0 bridgehead atoms. The lowest BCUT2D eigenvalue weighted by molar-refractivity contribution is 0.368. The van der Waals surface area contributed by atoms with Crippen LogP contribution in [0.4, 0.5) is 17.3 Å². The lowest BCUT2D eigenvalue weighted by Crippen LogP contribution is -2.06. The van der Waals surface area contributed by atoms with Gasteiger partial charge in [-0.05, 0) is 49.7 Å². The van der Waals surface area contributed by atoms with Gasteiger partial charge in [0.2, 0.25) is 0 Å². The van der Waals surface area contributed by atoms with Gasteiger partial charge in [0, 0.05) is 5.56 Å². The van der Waals surface area contributed by atoms with Crippen LogP contribution in [-0.2, 0) is 10.9 Å². The van der Waals surface area contributed by atoms with Crippen LogP contribution in [0.1, 0.15) is 11.1 Å². The lowest BCUT2D eigenvalue weighted by Gasteiger charge is -2.10. The van der Waals surface area contributed by atoms with Crippen LogP contribution in [-0.4, -0.2) is 7.25 Å². The molecule has 3 aromatic carbocycles. The van der Waals surface area contributed by atoms with Crippen molar-refractivity contribution in [2.45, 2.75) is 28.5 Å². The van der Waals surface area contributed by atoms with E-state index in [-0.39, 0.29) is 10.9 Å². The molecule has 6 heteroatoms. The van der Waals surface area contributed by atoms with Crippen molar-refractivity contribution in [1.82, 2.24) is 0 Å². The van der Waals surface area contributed by atoms with E-state index in [9.17, 15) is 17.3 Å². The second-order valence-electron chi connectivity index (χ2n) is 5.70. The third kappa shape index (κ3) is 6.26. The van der Waals surface area contributed by atoms with Crippen LogP contribution >= 0.6 is 0 Å². The van der Waals surface area contributed by atoms with Gasteiger partial charge in [0.05, 0.1) is 10.9 Å². The standard InChI is InChI=1S/C20H19S.BF4/c1-16-13-14-17(2)20(15-16)21(18-9-5-3-6-10-18)19-11-7-4-8-12-19;2-1(3,4)5/h3-15H,1-2H3;/q+1;-1. The van der Waals surface area contributed by atoms with Gasteiger partial charge in [0.15, 0.2) is 14.7 Å². The summed E-state index contributed by atoms with van der Waals surface area (Å²) in [7, 11) is -6.04. The Hall–Kier alpha value is -2.21. The SMILES string of the molecule is Cc1ccc(C)c([S+](c2ccccc2)c2ccccc2)c1.F[B-](F)(F)F. The molecule has 0 nitrogen and oxygen atoms in total. The molecule has 26 heavy (non-hydrogen) atoms. The zero-order valence-corrected chi connectivity index (χ0v) is 15.3. The van der Waals surface area contributed by atoms with Crippen molar-refractivity contribution >= 4 is 18.1 Å². The van der Waals surface area contributed by atoms with E-state index in [1.165, 1.54) is 25.8 Å². The molecule has 0 saturated heterocycles. The fraction of sp³-hybridized carbons (Fsp3) is 0.100. The third-order valence-corrected chi connectivity index (χ3v) is 5.89. The largest absolute Gasteiger partial charge is 0.673 e. The smallest absolute Gasteiger partial charge is 0.418 e. The quantitative estimate of drug-likeness (QED) is 0.270. The molecule has 0 aliphatic carbocycles. The van der Waals surface area contributed by atoms with Crippen molar-refractivity contribution in [3.63, 3.8) is 0 Å². The van der Waals surface area contributed by atoms with E-state index in [2.05, 4.69) is 92.7 Å². The molecule has 0 atom stereocenters. The maximum absolute atomic E-state index is 9.75. The fourth-order valence-corrected chi connectivity index (χ4v) is 4.76. The fourth-order valence-electron chi connectivity index (χ4n) is 2.43. The molecule has 0 fully saturated rings. The van der Waals surface area contributed by atoms with Crippen LogP contribution in [0, 0.1) is 13.8 Å². The van der Waals surface area contributed by atoms with Crippen LogP contribution in [0.2, 0.25) is 0 Å². The summed E-state index contributed by atoms with van der Waals surface area (Å²) in [6, 6.07) is 28.4. The van der Waals surface area contributed by atoms with Crippen LogP contribution in [0.15, 0.2) is 93.5 Å². The highest BCUT2D eigenvalue weighted by Crippen LogP contribution is 2.33. The van der Waals surface area contributed by atoms with Gasteiger partial charge in [-0.15, -0.1) is 0 Å². The molecule has 0 N–H and O–H groups in total. The summed E-state index contributed by atoms with van der Waals surface area (Å²) in [6.07, 6.45) is 0. The molecule has 0 aromatic heterocycles. The summed E-state index contributed by atoms with van der Waals surface area (Å²) in [5.74, 6) is 0. The van der Waals surface area contributed by atoms with Crippen molar-refractivity contribution in [3.05, 3.63) is 90.0 Å². The molecule has 136 valence electrons. The molecule has 0 unspecified atom stereocenters. The van der Waals surface area contributed by atoms with Crippen molar-refractivity contribution in [1.29, 1.82) is 0 Å². The van der Waals surface area contributed by atoms with Gasteiger partial charge in [-0.1, -0.05) is 48.5 Å². The minimum absolute atomic E-state index is 0.0365. The molecular weight excluding hydrogens is 359 g/mol. The van der Waals surface area contributed by atoms with Crippen LogP contribution < -0.4 is 0 Å². The normalized spacial score (nSPS) is 11.0. The Bertz CT molecular complexity index is 775. The van der Waals surface area contributed by atoms with Crippen molar-refractivity contribution in [2.24, 2.45) is 0 Å². The van der Waals surface area contributed by atoms with Crippen LogP contribution in [0.25, 0.3) is 0 Å². The summed E-state index contributed by atoms with van der Waals surface area (Å²) in [5.41, 5.74) is 2.68. The Morgan fingerprint density at radius 2 is 1.08 bits per heavy atom. The summed E-state index contributed by atoms with van der Waals surface area (Å²) in [5, 5.41) is 0. The van der Waals surface area contributed by atoms with Crippen molar-refractivity contribution in [2.75, 3.05) is 0 Å². The first kappa shape index (κ1) is 20.1. The highest BCUT2D eigenvalue weighted by molar-refractivity contribution is 7.97. The Morgan fingerprint density at radius 1 is 0.654 bits per heavy atom. The number of aryl methyl sites for hydroxylation is 2. The summed E-state index contributed by atoms with van der Waals surface area (Å²) >= 11 is 0. The van der Waals surface area contributed by atoms with Crippen molar-refractivity contribution < 1.29 is 17.3 Å². The first-order chi connectivity index (χ1) is 12.3. The molecule has 0 aliphatic heterocycles. The van der Waals surface area contributed by atoms with E-state index in [0.717, 1.165) is 0 Å². The van der Waals surface area contributed by atoms with E-state index in [1.807, 2.05) is 0 Å². The molecule has 0 radical (unpaired) electrons. The molecule has 0 spiro atoms. The number of hydrogen-bond acceptors (Lipinski definition) is 0. The Labute approximate surface area is 154 Å². The molecule has 3 aromatic rings. The second-order valence-corrected chi connectivity index (χ2v) is 7.69. The highest BCUT2D eigenvalue weighted by atomic mass is 32.2. The third-order valence-electron chi connectivity index (χ3n) is 3.52. The Kier molecular flexibility index (Phi) is 6.92. The number of hydrogen-bond donors (Lipinski definition) is 0. The van der Waals surface area contributed by atoms with Gasteiger partial charge < -0.3 is 17.3 Å². The molecule has 0 heterocycles. The van der Waals surface area contributed by atoms with E-state index >= 15 is 0 Å². The minimum atomic E-state index is -6.00. The maximum atomic E-state index is 9.75. The number of rotatable bonds is 3. The summed E-state index contributed by atoms with van der Waals surface area (Å²) < 4.78 is 39.0. The van der Waals surface area contributed by atoms with Crippen LogP contribution in [0.5, 0.6) is 0 Å². The lowest BCUT2D eigenvalue weighted by atomic mass is 10.2. The monoisotopic (exact) mass is 378 g/mol. The predicted octanol–water partition coefficient (Wildman–Crippen LogP) is 6.70. The van der Waals surface area contributed by atoms with E-state index < -0.39 is 7.25 Å². The topological polar surface area (TPSA) is 0 Å². The van der Waals surface area contributed by atoms with Gasteiger partial charge in [-0.3, -0.25) is 0 Å². The zero-order chi connectivity index (χ0) is 19.2. The van der Waals surface area contributed by atoms with Crippen molar-refractivity contribution in [3.8, 4) is 0 Å². The average Bonchev–Trinajstić information content (AvgIpc) is 2.59. The first-order valence-corrected chi connectivity index (χ1v) is 9.27. The Balaban J connectivity index is 0.000000431. The minimum Gasteiger partial charge on any atom is -0.418 e. The zero-order valence-electron chi connectivity index (χ0n) is 14.5. The van der Waals surface area contributed by atoms with Crippen LogP contribution in [0.3, 0.4) is 0 Å². The molecule has 0 saturated carbocycles. The van der Waals surface area contributed by atoms with E-state index in [4.69, 9.17) is 0 Å². The van der Waals surface area contributed by atoms with E-state index in [1.54, 1.807) is 0 Å². The molecule has 0 amide bonds. The maximum Gasteiger partial charge on any atom is 0.673 e. The molecule has 3 rings (SSSR count). The summed E-state index contributed by atoms with van der Waals surface area (Å²) in [4.78, 5) is 4.17. The number of halogens is 4. The molecular formula is C20H19BF4S. The summed E-state index contributed by atoms with van der Waals surface area (Å²) in [6.45, 7) is 4.38. The van der Waals surface area contributed by atoms with Gasteiger partial charge in [0.1, 0.15) is 0 Å². The highest BCUT2D eigenvalue weighted by Gasteiger charge is 2.29. The molecule has 0 aliphatic rings. The predicted molar refractivity (Wildman–Crippen MR) is 101 cm³/mol.